The Labute approximate surface area is 139 Å². The average molecular weight is 372 g/mol. The molecule has 0 aliphatic carbocycles. The maximum absolute atomic E-state index is 11.6. The number of hydrogen-bond donors (Lipinski definition) is 1. The van der Waals surface area contributed by atoms with Crippen LogP contribution < -0.4 is 10.1 Å². The molecule has 0 bridgehead atoms. The van der Waals surface area contributed by atoms with Crippen LogP contribution in [0.5, 0.6) is 5.75 Å². The Morgan fingerprint density at radius 3 is 2.50 bits per heavy atom. The molecule has 1 aromatic rings. The Hall–Kier alpha value is -1.56. The molecule has 0 aliphatic rings. The first kappa shape index (κ1) is 18.5. The van der Waals surface area contributed by atoms with E-state index in [0.717, 1.165) is 4.47 Å². The summed E-state index contributed by atoms with van der Waals surface area (Å²) in [5.41, 5.74) is 1.21. The molecule has 0 heterocycles. The highest BCUT2D eigenvalue weighted by molar-refractivity contribution is 9.10. The minimum Gasteiger partial charge on any atom is -0.483 e. The third-order valence-electron chi connectivity index (χ3n) is 2.89. The first-order chi connectivity index (χ1) is 10.2. The number of halogens is 1. The minimum atomic E-state index is -0.466. The number of rotatable bonds is 6. The van der Waals surface area contributed by atoms with E-state index in [2.05, 4.69) is 42.0 Å². The van der Waals surface area contributed by atoms with Crippen LogP contribution in [0.3, 0.4) is 0 Å². The number of amides is 1. The summed E-state index contributed by atoms with van der Waals surface area (Å²) in [6, 6.07) is 5.77. The molecule has 22 heavy (non-hydrogen) atoms. The van der Waals surface area contributed by atoms with Crippen LogP contribution in [0, 0.1) is 0 Å². The molecular formula is C16H22BrNO4. The molecule has 1 amide bonds. The summed E-state index contributed by atoms with van der Waals surface area (Å²) >= 11 is 3.44. The van der Waals surface area contributed by atoms with E-state index < -0.39 is 5.97 Å². The van der Waals surface area contributed by atoms with Gasteiger partial charge in [-0.15, -0.1) is 0 Å². The van der Waals surface area contributed by atoms with Gasteiger partial charge >= 0.3 is 5.97 Å². The van der Waals surface area contributed by atoms with E-state index >= 15 is 0 Å². The predicted molar refractivity (Wildman–Crippen MR) is 88.0 cm³/mol. The second-order valence-electron chi connectivity index (χ2n) is 5.77. The maximum atomic E-state index is 11.6. The van der Waals surface area contributed by atoms with Gasteiger partial charge in [0.2, 0.25) is 0 Å². The van der Waals surface area contributed by atoms with Gasteiger partial charge < -0.3 is 14.8 Å². The maximum Gasteiger partial charge on any atom is 0.325 e. The monoisotopic (exact) mass is 371 g/mol. The van der Waals surface area contributed by atoms with Crippen molar-refractivity contribution >= 4 is 27.8 Å². The molecule has 0 radical (unpaired) electrons. The summed E-state index contributed by atoms with van der Waals surface area (Å²) in [5.74, 6) is -0.259. The molecule has 0 fully saturated rings. The summed E-state index contributed by atoms with van der Waals surface area (Å²) in [5, 5.41) is 2.44. The number of benzene rings is 1. The third kappa shape index (κ3) is 6.05. The fraction of sp³-hybridized carbons (Fsp3) is 0.500. The van der Waals surface area contributed by atoms with Crippen LogP contribution >= 0.6 is 15.9 Å². The van der Waals surface area contributed by atoms with Crippen molar-refractivity contribution < 1.29 is 19.1 Å². The van der Waals surface area contributed by atoms with Gasteiger partial charge in [0.1, 0.15) is 12.3 Å². The second kappa shape index (κ2) is 8.17. The Morgan fingerprint density at radius 2 is 1.95 bits per heavy atom. The molecule has 0 aliphatic heterocycles. The van der Waals surface area contributed by atoms with E-state index in [9.17, 15) is 9.59 Å². The molecule has 1 N–H and O–H groups in total. The van der Waals surface area contributed by atoms with E-state index in [-0.39, 0.29) is 31.1 Å². The van der Waals surface area contributed by atoms with Crippen LogP contribution in [0.2, 0.25) is 0 Å². The van der Waals surface area contributed by atoms with Gasteiger partial charge in [0, 0.05) is 0 Å². The van der Waals surface area contributed by atoms with Gasteiger partial charge in [-0.25, -0.2) is 0 Å². The van der Waals surface area contributed by atoms with Crippen molar-refractivity contribution in [2.24, 2.45) is 0 Å². The molecular weight excluding hydrogens is 350 g/mol. The normalized spacial score (nSPS) is 11.0. The highest BCUT2D eigenvalue weighted by Crippen LogP contribution is 2.31. The van der Waals surface area contributed by atoms with E-state index in [0.29, 0.717) is 5.75 Å². The zero-order valence-corrected chi connectivity index (χ0v) is 15.0. The molecule has 122 valence electrons. The molecule has 0 atom stereocenters. The average Bonchev–Trinajstić information content (AvgIpc) is 2.43. The molecule has 0 spiro atoms. The predicted octanol–water partition coefficient (Wildman–Crippen LogP) is 2.80. The van der Waals surface area contributed by atoms with Crippen molar-refractivity contribution in [3.05, 3.63) is 28.2 Å². The van der Waals surface area contributed by atoms with E-state index in [1.165, 1.54) is 5.56 Å². The summed E-state index contributed by atoms with van der Waals surface area (Å²) in [6.45, 7) is 8.06. The summed E-state index contributed by atoms with van der Waals surface area (Å²) in [7, 11) is 0. The van der Waals surface area contributed by atoms with Gasteiger partial charge in [0.15, 0.2) is 6.61 Å². The van der Waals surface area contributed by atoms with Crippen LogP contribution in [-0.2, 0) is 19.7 Å². The Kier molecular flexibility index (Phi) is 6.87. The number of carbonyl (C=O) groups is 2. The summed E-state index contributed by atoms with van der Waals surface area (Å²) in [4.78, 5) is 22.7. The van der Waals surface area contributed by atoms with Crippen molar-refractivity contribution in [1.82, 2.24) is 5.32 Å². The molecule has 0 saturated heterocycles. The SMILES string of the molecule is CCOC(=O)CNC(=O)COc1ccc(C(C)(C)C)cc1Br. The van der Waals surface area contributed by atoms with Gasteiger partial charge in [-0.2, -0.15) is 0 Å². The largest absolute Gasteiger partial charge is 0.483 e. The van der Waals surface area contributed by atoms with Gasteiger partial charge in [-0.1, -0.05) is 26.8 Å². The number of nitrogens with one attached hydrogen (secondary N) is 1. The molecule has 6 heteroatoms. The number of esters is 1. The number of carbonyl (C=O) groups excluding carboxylic acids is 2. The van der Waals surface area contributed by atoms with Gasteiger partial charge in [0.25, 0.3) is 5.91 Å². The van der Waals surface area contributed by atoms with E-state index in [1.807, 2.05) is 18.2 Å². The Balaban J connectivity index is 2.51. The smallest absolute Gasteiger partial charge is 0.325 e. The van der Waals surface area contributed by atoms with Crippen molar-refractivity contribution in [2.45, 2.75) is 33.1 Å². The third-order valence-corrected chi connectivity index (χ3v) is 3.51. The zero-order valence-electron chi connectivity index (χ0n) is 13.4. The second-order valence-corrected chi connectivity index (χ2v) is 6.62. The van der Waals surface area contributed by atoms with Crippen molar-refractivity contribution in [2.75, 3.05) is 19.8 Å². The lowest BCUT2D eigenvalue weighted by atomic mass is 9.87. The van der Waals surface area contributed by atoms with Gasteiger partial charge in [0.05, 0.1) is 11.1 Å². The lowest BCUT2D eigenvalue weighted by Crippen LogP contribution is -2.34. The van der Waals surface area contributed by atoms with E-state index in [4.69, 9.17) is 9.47 Å². The Morgan fingerprint density at radius 1 is 1.27 bits per heavy atom. The molecule has 5 nitrogen and oxygen atoms in total. The molecule has 0 aromatic heterocycles. The lowest BCUT2D eigenvalue weighted by molar-refractivity contribution is -0.143. The molecule has 0 saturated carbocycles. The van der Waals surface area contributed by atoms with Crippen LogP contribution in [0.15, 0.2) is 22.7 Å². The Bertz CT molecular complexity index is 537. The topological polar surface area (TPSA) is 64.6 Å². The van der Waals surface area contributed by atoms with Crippen LogP contribution in [-0.4, -0.2) is 31.6 Å². The van der Waals surface area contributed by atoms with Crippen LogP contribution in [0.4, 0.5) is 0 Å². The summed E-state index contributed by atoms with van der Waals surface area (Å²) < 4.78 is 11.0. The first-order valence-electron chi connectivity index (χ1n) is 7.09. The van der Waals surface area contributed by atoms with Crippen molar-refractivity contribution in [3.63, 3.8) is 0 Å². The minimum absolute atomic E-state index is 0.0397. The number of ether oxygens (including phenoxy) is 2. The fourth-order valence-electron chi connectivity index (χ4n) is 1.66. The quantitative estimate of drug-likeness (QED) is 0.780. The van der Waals surface area contributed by atoms with E-state index in [1.54, 1.807) is 6.92 Å². The first-order valence-corrected chi connectivity index (χ1v) is 7.88. The number of hydrogen-bond acceptors (Lipinski definition) is 4. The zero-order chi connectivity index (χ0) is 16.8. The van der Waals surface area contributed by atoms with Crippen molar-refractivity contribution in [1.29, 1.82) is 0 Å². The molecule has 1 rings (SSSR count). The molecule has 1 aromatic carbocycles. The molecule has 0 unspecified atom stereocenters. The van der Waals surface area contributed by atoms with Crippen molar-refractivity contribution in [3.8, 4) is 5.75 Å². The van der Waals surface area contributed by atoms with Gasteiger partial charge in [-0.3, -0.25) is 9.59 Å². The van der Waals surface area contributed by atoms with Crippen LogP contribution in [0.25, 0.3) is 0 Å². The highest BCUT2D eigenvalue weighted by Gasteiger charge is 2.15. The lowest BCUT2D eigenvalue weighted by Gasteiger charge is -2.20. The fourth-order valence-corrected chi connectivity index (χ4v) is 2.15. The van der Waals surface area contributed by atoms with Gasteiger partial charge in [-0.05, 0) is 46.0 Å². The summed E-state index contributed by atoms with van der Waals surface area (Å²) in [6.07, 6.45) is 0. The highest BCUT2D eigenvalue weighted by atomic mass is 79.9. The standard InChI is InChI=1S/C16H22BrNO4/c1-5-21-15(20)9-18-14(19)10-22-13-7-6-11(8-12(13)17)16(2,3)4/h6-8H,5,9-10H2,1-4H3,(H,18,19). The van der Waals surface area contributed by atoms with Crippen LogP contribution in [0.1, 0.15) is 33.3 Å².